The zero-order chi connectivity index (χ0) is 12.3. The highest BCUT2D eigenvalue weighted by Crippen LogP contribution is 2.18. The number of anilines is 1. The van der Waals surface area contributed by atoms with Crippen molar-refractivity contribution in [1.82, 2.24) is 9.97 Å². The molecule has 0 aliphatic rings. The van der Waals surface area contributed by atoms with Gasteiger partial charge in [-0.1, -0.05) is 11.6 Å². The lowest BCUT2D eigenvalue weighted by Gasteiger charge is -2.25. The summed E-state index contributed by atoms with van der Waals surface area (Å²) < 4.78 is 0. The number of nitrogens with one attached hydrogen (secondary N) is 1. The number of hydrogen-bond donors (Lipinski definition) is 2. The van der Waals surface area contributed by atoms with E-state index in [1.165, 1.54) is 0 Å². The minimum atomic E-state index is -0.462. The van der Waals surface area contributed by atoms with Crippen LogP contribution in [0.15, 0.2) is 6.07 Å². The maximum absolute atomic E-state index is 10.9. The van der Waals surface area contributed by atoms with Gasteiger partial charge < -0.3 is 11.1 Å². The molecule has 0 radical (unpaired) electrons. The van der Waals surface area contributed by atoms with E-state index in [2.05, 4.69) is 15.3 Å². The summed E-state index contributed by atoms with van der Waals surface area (Å²) in [6.45, 7) is 5.48. The Morgan fingerprint density at radius 2 is 2.19 bits per heavy atom. The van der Waals surface area contributed by atoms with E-state index in [9.17, 15) is 4.79 Å². The molecule has 0 atom stereocenters. The Bertz CT molecular complexity index is 386. The van der Waals surface area contributed by atoms with Crippen LogP contribution in [0.4, 0.5) is 5.82 Å². The molecule has 0 unspecified atom stereocenters. The van der Waals surface area contributed by atoms with E-state index < -0.39 is 5.54 Å². The van der Waals surface area contributed by atoms with Gasteiger partial charge in [-0.3, -0.25) is 4.79 Å². The lowest BCUT2D eigenvalue weighted by atomic mass is 10.0. The van der Waals surface area contributed by atoms with Crippen LogP contribution < -0.4 is 11.1 Å². The van der Waals surface area contributed by atoms with E-state index >= 15 is 0 Å². The highest BCUT2D eigenvalue weighted by Gasteiger charge is 2.21. The Balaban J connectivity index is 2.83. The third kappa shape index (κ3) is 4.02. The molecule has 0 bridgehead atoms. The Morgan fingerprint density at radius 1 is 1.56 bits per heavy atom. The molecule has 1 aromatic rings. The maximum atomic E-state index is 10.9. The number of hydrogen-bond acceptors (Lipinski definition) is 4. The van der Waals surface area contributed by atoms with E-state index in [0.717, 1.165) is 0 Å². The van der Waals surface area contributed by atoms with Gasteiger partial charge in [0.1, 0.15) is 16.8 Å². The Morgan fingerprint density at radius 3 is 2.69 bits per heavy atom. The summed E-state index contributed by atoms with van der Waals surface area (Å²) in [5, 5.41) is 3.46. The van der Waals surface area contributed by atoms with Crippen LogP contribution in [0.2, 0.25) is 5.15 Å². The van der Waals surface area contributed by atoms with Gasteiger partial charge in [0.05, 0.1) is 0 Å². The summed E-state index contributed by atoms with van der Waals surface area (Å²) in [7, 11) is 0. The fourth-order valence-corrected chi connectivity index (χ4v) is 1.65. The molecule has 0 fully saturated rings. The molecule has 5 nitrogen and oxygen atoms in total. The van der Waals surface area contributed by atoms with E-state index in [-0.39, 0.29) is 12.3 Å². The first-order valence-electron chi connectivity index (χ1n) is 4.86. The predicted octanol–water partition coefficient (Wildman–Crippen LogP) is 1.50. The highest BCUT2D eigenvalue weighted by molar-refractivity contribution is 6.29. The van der Waals surface area contributed by atoms with Crippen molar-refractivity contribution in [2.75, 3.05) is 5.32 Å². The van der Waals surface area contributed by atoms with Gasteiger partial charge in [-0.2, -0.15) is 0 Å². The number of amides is 1. The van der Waals surface area contributed by atoms with Gasteiger partial charge in [0, 0.05) is 18.0 Å². The van der Waals surface area contributed by atoms with Crippen LogP contribution in [-0.2, 0) is 4.79 Å². The quantitative estimate of drug-likeness (QED) is 0.784. The molecule has 0 saturated carbocycles. The molecule has 88 valence electrons. The highest BCUT2D eigenvalue weighted by atomic mass is 35.5. The average Bonchev–Trinajstić information content (AvgIpc) is 1.95. The smallest absolute Gasteiger partial charge is 0.219 e. The number of carbonyl (C=O) groups excluding carboxylic acids is 1. The molecule has 0 aliphatic heterocycles. The van der Waals surface area contributed by atoms with Crippen molar-refractivity contribution in [3.8, 4) is 0 Å². The lowest BCUT2D eigenvalue weighted by molar-refractivity contribution is -0.118. The Kier molecular flexibility index (Phi) is 3.70. The largest absolute Gasteiger partial charge is 0.370 e. The number of nitrogens with zero attached hydrogens (tertiary/aromatic N) is 2. The molecule has 1 amide bonds. The fraction of sp³-hybridized carbons (Fsp3) is 0.500. The molecule has 0 aliphatic carbocycles. The first-order valence-corrected chi connectivity index (χ1v) is 5.24. The molecule has 1 aromatic heterocycles. The number of carbonyl (C=O) groups is 1. The summed E-state index contributed by atoms with van der Waals surface area (Å²) >= 11 is 5.80. The van der Waals surface area contributed by atoms with Crippen LogP contribution in [-0.4, -0.2) is 21.4 Å². The standard InChI is InChI=1S/C10H15ClN4O/c1-6-13-7(11)4-9(14-6)15-10(2,3)5-8(12)16/h4H,5H2,1-3H3,(H2,12,16)(H,13,14,15). The van der Waals surface area contributed by atoms with Gasteiger partial charge >= 0.3 is 0 Å². The summed E-state index contributed by atoms with van der Waals surface area (Å²) in [5.74, 6) is 0.794. The summed E-state index contributed by atoms with van der Waals surface area (Å²) in [4.78, 5) is 19.0. The number of nitrogens with two attached hydrogens (primary N) is 1. The first-order chi connectivity index (χ1) is 7.28. The van der Waals surface area contributed by atoms with Crippen molar-refractivity contribution in [1.29, 1.82) is 0 Å². The second-order valence-corrected chi connectivity index (χ2v) is 4.66. The van der Waals surface area contributed by atoms with Crippen LogP contribution in [0.1, 0.15) is 26.1 Å². The topological polar surface area (TPSA) is 80.9 Å². The third-order valence-corrected chi connectivity index (χ3v) is 2.08. The van der Waals surface area contributed by atoms with Crippen molar-refractivity contribution in [2.45, 2.75) is 32.7 Å². The van der Waals surface area contributed by atoms with Crippen molar-refractivity contribution in [3.05, 3.63) is 17.0 Å². The number of aromatic nitrogens is 2. The molecule has 6 heteroatoms. The minimum absolute atomic E-state index is 0.216. The van der Waals surface area contributed by atoms with Gasteiger partial charge in [0.2, 0.25) is 5.91 Å². The summed E-state index contributed by atoms with van der Waals surface area (Å²) in [6, 6.07) is 1.61. The maximum Gasteiger partial charge on any atom is 0.219 e. The minimum Gasteiger partial charge on any atom is -0.370 e. The molecule has 0 saturated heterocycles. The Hall–Kier alpha value is -1.36. The predicted molar refractivity (Wildman–Crippen MR) is 63.3 cm³/mol. The van der Waals surface area contributed by atoms with Gasteiger partial charge in [-0.05, 0) is 20.8 Å². The summed E-state index contributed by atoms with van der Waals surface area (Å²) in [6.07, 6.45) is 0.216. The van der Waals surface area contributed by atoms with E-state index in [1.54, 1.807) is 13.0 Å². The SMILES string of the molecule is Cc1nc(Cl)cc(NC(C)(C)CC(N)=O)n1. The van der Waals surface area contributed by atoms with Gasteiger partial charge in [-0.25, -0.2) is 9.97 Å². The number of halogens is 1. The van der Waals surface area contributed by atoms with Crippen molar-refractivity contribution in [2.24, 2.45) is 5.73 Å². The summed E-state index contributed by atoms with van der Waals surface area (Å²) in [5.41, 5.74) is 4.69. The number of aryl methyl sites for hydroxylation is 1. The van der Waals surface area contributed by atoms with E-state index in [0.29, 0.717) is 16.8 Å². The van der Waals surface area contributed by atoms with E-state index in [1.807, 2.05) is 13.8 Å². The van der Waals surface area contributed by atoms with Crippen molar-refractivity contribution in [3.63, 3.8) is 0 Å². The van der Waals surface area contributed by atoms with Crippen LogP contribution in [0.5, 0.6) is 0 Å². The monoisotopic (exact) mass is 242 g/mol. The molecule has 16 heavy (non-hydrogen) atoms. The third-order valence-electron chi connectivity index (χ3n) is 1.89. The van der Waals surface area contributed by atoms with Crippen molar-refractivity contribution < 1.29 is 4.79 Å². The van der Waals surface area contributed by atoms with Gasteiger partial charge in [-0.15, -0.1) is 0 Å². The average molecular weight is 243 g/mol. The lowest BCUT2D eigenvalue weighted by Crippen LogP contribution is -2.36. The first kappa shape index (κ1) is 12.7. The van der Waals surface area contributed by atoms with E-state index in [4.69, 9.17) is 17.3 Å². The molecule has 0 spiro atoms. The molecular formula is C10H15ClN4O. The van der Waals surface area contributed by atoms with Gasteiger partial charge in [0.25, 0.3) is 0 Å². The molecule has 3 N–H and O–H groups in total. The molecule has 0 aromatic carbocycles. The van der Waals surface area contributed by atoms with Crippen LogP contribution >= 0.6 is 11.6 Å². The zero-order valence-corrected chi connectivity index (χ0v) is 10.3. The normalized spacial score (nSPS) is 11.2. The van der Waals surface area contributed by atoms with Crippen LogP contribution in [0.3, 0.4) is 0 Å². The van der Waals surface area contributed by atoms with Crippen LogP contribution in [0, 0.1) is 6.92 Å². The second-order valence-electron chi connectivity index (χ2n) is 4.28. The number of primary amides is 1. The Labute approximate surface area is 99.4 Å². The molecule has 1 heterocycles. The van der Waals surface area contributed by atoms with Crippen molar-refractivity contribution >= 4 is 23.3 Å². The van der Waals surface area contributed by atoms with Crippen LogP contribution in [0.25, 0.3) is 0 Å². The fourth-order valence-electron chi connectivity index (χ4n) is 1.42. The molecular weight excluding hydrogens is 228 g/mol. The zero-order valence-electron chi connectivity index (χ0n) is 9.54. The second kappa shape index (κ2) is 4.65. The number of rotatable bonds is 4. The molecule has 1 rings (SSSR count). The van der Waals surface area contributed by atoms with Gasteiger partial charge in [0.15, 0.2) is 0 Å².